The fraction of sp³-hybridized carbons (Fsp3) is 0. The topological polar surface area (TPSA) is 57.2 Å². The molecule has 0 aliphatic heterocycles. The molecule has 68 valence electrons. The molecule has 0 saturated heterocycles. The van der Waals surface area contributed by atoms with Crippen LogP contribution in [-0.4, -0.2) is 5.11 Å². The predicted molar refractivity (Wildman–Crippen MR) is 52.4 cm³/mol. The third kappa shape index (κ3) is 1.23. The average molecular weight is 185 g/mol. The number of allylic oxidation sites excluding steroid dienone is 1. The van der Waals surface area contributed by atoms with Crippen LogP contribution in [0.5, 0.6) is 0 Å². The zero-order chi connectivity index (χ0) is 9.97. The van der Waals surface area contributed by atoms with Crippen LogP contribution in [0, 0.1) is 11.3 Å². The zero-order valence-corrected chi connectivity index (χ0v) is 7.27. The Hall–Kier alpha value is -2.21. The molecular weight excluding hydrogens is 178 g/mol. The van der Waals surface area contributed by atoms with Crippen molar-refractivity contribution in [2.45, 2.75) is 0 Å². The Bertz CT molecular complexity index is 498. The molecule has 1 heterocycles. The summed E-state index contributed by atoms with van der Waals surface area (Å²) in [5.74, 6) is 0.385. The second-order valence-corrected chi connectivity index (χ2v) is 2.80. The van der Waals surface area contributed by atoms with Gasteiger partial charge in [0.05, 0.1) is 0 Å². The minimum absolute atomic E-state index is 0.126. The molecule has 0 aliphatic carbocycles. The second kappa shape index (κ2) is 3.27. The van der Waals surface area contributed by atoms with Crippen LogP contribution in [-0.2, 0) is 0 Å². The molecule has 0 spiro atoms. The van der Waals surface area contributed by atoms with Crippen LogP contribution in [0.3, 0.4) is 0 Å². The van der Waals surface area contributed by atoms with Gasteiger partial charge in [-0.05, 0) is 12.1 Å². The van der Waals surface area contributed by atoms with Crippen LogP contribution in [0.25, 0.3) is 16.5 Å². The Kier molecular flexibility index (Phi) is 1.96. The van der Waals surface area contributed by atoms with Crippen LogP contribution in [0.4, 0.5) is 0 Å². The number of hydrogen-bond acceptors (Lipinski definition) is 3. The van der Waals surface area contributed by atoms with Crippen molar-refractivity contribution in [3.63, 3.8) is 0 Å². The van der Waals surface area contributed by atoms with Crippen LogP contribution in [0.15, 0.2) is 41.0 Å². The van der Waals surface area contributed by atoms with E-state index in [1.165, 1.54) is 0 Å². The molecule has 1 aromatic heterocycles. The molecule has 1 N–H and O–H groups in total. The molecule has 2 rings (SSSR count). The van der Waals surface area contributed by atoms with E-state index >= 15 is 0 Å². The van der Waals surface area contributed by atoms with Crippen molar-refractivity contribution in [1.82, 2.24) is 0 Å². The van der Waals surface area contributed by atoms with Gasteiger partial charge in [-0.3, -0.25) is 0 Å². The standard InChI is InChI=1S/C11H7NO2/c12-6-9(7-13)11-5-8-3-1-2-4-10(8)14-11/h1-5,7,13H/b9-7-. The summed E-state index contributed by atoms with van der Waals surface area (Å²) >= 11 is 0. The van der Waals surface area contributed by atoms with Crippen molar-refractivity contribution in [2.24, 2.45) is 0 Å². The summed E-state index contributed by atoms with van der Waals surface area (Å²) in [5.41, 5.74) is 0.832. The molecule has 0 radical (unpaired) electrons. The second-order valence-electron chi connectivity index (χ2n) is 2.80. The van der Waals surface area contributed by atoms with E-state index in [2.05, 4.69) is 0 Å². The molecule has 0 bridgehead atoms. The molecule has 3 nitrogen and oxygen atoms in total. The van der Waals surface area contributed by atoms with Crippen LogP contribution in [0.1, 0.15) is 5.76 Å². The van der Waals surface area contributed by atoms with E-state index in [-0.39, 0.29) is 5.57 Å². The van der Waals surface area contributed by atoms with Gasteiger partial charge in [0, 0.05) is 5.39 Å². The van der Waals surface area contributed by atoms with Gasteiger partial charge in [-0.2, -0.15) is 5.26 Å². The number of hydrogen-bond donors (Lipinski definition) is 1. The normalized spacial score (nSPS) is 11.5. The molecule has 0 unspecified atom stereocenters. The summed E-state index contributed by atoms with van der Waals surface area (Å²) < 4.78 is 5.36. The maximum atomic E-state index is 8.76. The first-order chi connectivity index (χ1) is 6.85. The molecule has 0 aliphatic rings. The Morgan fingerprint density at radius 2 is 2.21 bits per heavy atom. The Balaban J connectivity index is 2.62. The fourth-order valence-corrected chi connectivity index (χ4v) is 1.26. The molecule has 0 atom stereocenters. The summed E-state index contributed by atoms with van der Waals surface area (Å²) in [7, 11) is 0. The molecule has 2 aromatic rings. The van der Waals surface area contributed by atoms with Crippen LogP contribution in [0.2, 0.25) is 0 Å². The lowest BCUT2D eigenvalue weighted by Gasteiger charge is -1.87. The number of para-hydroxylation sites is 1. The molecule has 0 saturated carbocycles. The van der Waals surface area contributed by atoms with Crippen molar-refractivity contribution < 1.29 is 9.52 Å². The molecule has 1 aromatic carbocycles. The first kappa shape index (κ1) is 8.39. The Labute approximate surface area is 80.5 Å². The summed E-state index contributed by atoms with van der Waals surface area (Å²) in [4.78, 5) is 0. The lowest BCUT2D eigenvalue weighted by molar-refractivity contribution is 0.474. The quantitative estimate of drug-likeness (QED) is 0.549. The number of nitrogens with zero attached hydrogens (tertiary/aromatic N) is 1. The highest BCUT2D eigenvalue weighted by Crippen LogP contribution is 2.23. The maximum absolute atomic E-state index is 8.76. The third-order valence-electron chi connectivity index (χ3n) is 1.94. The van der Waals surface area contributed by atoms with Gasteiger partial charge in [0.25, 0.3) is 0 Å². The van der Waals surface area contributed by atoms with E-state index in [0.29, 0.717) is 11.3 Å². The molecule has 0 fully saturated rings. The molecule has 0 amide bonds. The van der Waals surface area contributed by atoms with E-state index in [1.54, 1.807) is 6.07 Å². The van der Waals surface area contributed by atoms with Gasteiger partial charge >= 0.3 is 0 Å². The number of aliphatic hydroxyl groups is 1. The predicted octanol–water partition coefficient (Wildman–Crippen LogP) is 2.86. The summed E-state index contributed by atoms with van der Waals surface area (Å²) in [6.07, 6.45) is 0.748. The number of fused-ring (bicyclic) bond motifs is 1. The lowest BCUT2D eigenvalue weighted by atomic mass is 10.2. The number of furan rings is 1. The van der Waals surface area contributed by atoms with E-state index in [9.17, 15) is 0 Å². The number of nitriles is 1. The minimum atomic E-state index is 0.126. The minimum Gasteiger partial charge on any atom is -0.514 e. The first-order valence-corrected chi connectivity index (χ1v) is 4.08. The van der Waals surface area contributed by atoms with Gasteiger partial charge in [-0.25, -0.2) is 0 Å². The molecular formula is C11H7NO2. The van der Waals surface area contributed by atoms with E-state index in [0.717, 1.165) is 11.6 Å². The van der Waals surface area contributed by atoms with Crippen molar-refractivity contribution in [3.05, 3.63) is 42.4 Å². The van der Waals surface area contributed by atoms with E-state index in [1.807, 2.05) is 30.3 Å². The Morgan fingerprint density at radius 1 is 1.43 bits per heavy atom. The third-order valence-corrected chi connectivity index (χ3v) is 1.94. The van der Waals surface area contributed by atoms with E-state index < -0.39 is 0 Å². The maximum Gasteiger partial charge on any atom is 0.149 e. The van der Waals surface area contributed by atoms with Crippen LogP contribution >= 0.6 is 0 Å². The van der Waals surface area contributed by atoms with Crippen molar-refractivity contribution in [2.75, 3.05) is 0 Å². The number of aliphatic hydroxyl groups excluding tert-OH is 1. The number of rotatable bonds is 1. The molecule has 3 heteroatoms. The summed E-state index contributed by atoms with van der Waals surface area (Å²) in [5, 5.41) is 18.3. The smallest absolute Gasteiger partial charge is 0.149 e. The number of benzene rings is 1. The van der Waals surface area contributed by atoms with Gasteiger partial charge in [0.15, 0.2) is 0 Å². The zero-order valence-electron chi connectivity index (χ0n) is 7.27. The monoisotopic (exact) mass is 185 g/mol. The van der Waals surface area contributed by atoms with Gasteiger partial charge in [0.2, 0.25) is 0 Å². The highest BCUT2D eigenvalue weighted by Gasteiger charge is 2.07. The van der Waals surface area contributed by atoms with Crippen molar-refractivity contribution >= 4 is 16.5 Å². The SMILES string of the molecule is N#C/C(=C/O)c1cc2ccccc2o1. The highest BCUT2D eigenvalue weighted by molar-refractivity contribution is 5.84. The fourth-order valence-electron chi connectivity index (χ4n) is 1.26. The largest absolute Gasteiger partial charge is 0.514 e. The molecule has 14 heavy (non-hydrogen) atoms. The van der Waals surface area contributed by atoms with Crippen molar-refractivity contribution in [1.29, 1.82) is 5.26 Å². The van der Waals surface area contributed by atoms with Gasteiger partial charge < -0.3 is 9.52 Å². The first-order valence-electron chi connectivity index (χ1n) is 4.08. The van der Waals surface area contributed by atoms with Gasteiger partial charge in [-0.1, -0.05) is 18.2 Å². The highest BCUT2D eigenvalue weighted by atomic mass is 16.3. The average Bonchev–Trinajstić information content (AvgIpc) is 2.63. The lowest BCUT2D eigenvalue weighted by Crippen LogP contribution is -1.74. The van der Waals surface area contributed by atoms with Gasteiger partial charge in [0.1, 0.15) is 29.2 Å². The summed E-state index contributed by atoms with van der Waals surface area (Å²) in [6, 6.07) is 11.0. The van der Waals surface area contributed by atoms with Crippen LogP contribution < -0.4 is 0 Å². The van der Waals surface area contributed by atoms with Crippen molar-refractivity contribution in [3.8, 4) is 6.07 Å². The van der Waals surface area contributed by atoms with Gasteiger partial charge in [-0.15, -0.1) is 0 Å². The van der Waals surface area contributed by atoms with E-state index in [4.69, 9.17) is 14.8 Å². The summed E-state index contributed by atoms with van der Waals surface area (Å²) in [6.45, 7) is 0. The Morgan fingerprint density at radius 3 is 2.86 bits per heavy atom.